The van der Waals surface area contributed by atoms with Crippen molar-refractivity contribution < 1.29 is 28.9 Å². The molecule has 0 aliphatic carbocycles. The van der Waals surface area contributed by atoms with Crippen molar-refractivity contribution >= 4 is 45.4 Å². The van der Waals surface area contributed by atoms with Crippen LogP contribution < -0.4 is 14.2 Å². The van der Waals surface area contributed by atoms with Gasteiger partial charge < -0.3 is 14.2 Å². The number of nitro benzene ring substituents is 2. The molecule has 10 nitrogen and oxygen atoms in total. The van der Waals surface area contributed by atoms with Gasteiger partial charge >= 0.3 is 5.97 Å². The fourth-order valence-corrected chi connectivity index (χ4v) is 3.25. The summed E-state index contributed by atoms with van der Waals surface area (Å²) in [6.45, 7) is 1.59. The molecule has 0 saturated carbocycles. The number of carbonyl (C=O) groups is 1. The number of methoxy groups -OCH3 is 1. The van der Waals surface area contributed by atoms with Crippen molar-refractivity contribution in [3.8, 4) is 17.2 Å². The molecule has 0 bridgehead atoms. The minimum Gasteiger partial charge on any atom is -0.493 e. The predicted octanol–water partition coefficient (Wildman–Crippen LogP) is 5.74. The van der Waals surface area contributed by atoms with Crippen LogP contribution in [-0.4, -0.2) is 29.5 Å². The van der Waals surface area contributed by atoms with E-state index in [1.165, 1.54) is 31.4 Å². The van der Waals surface area contributed by atoms with Crippen LogP contribution in [0.25, 0.3) is 12.2 Å². The smallest absolute Gasteiger partial charge is 0.349 e. The zero-order chi connectivity index (χ0) is 25.5. The van der Waals surface area contributed by atoms with Gasteiger partial charge in [0.1, 0.15) is 5.75 Å². The standard InChI is InChI=1S/C24H19BrN2O8/c1-15-11-19(8-9-20(15)25)34-14-24(28)35-22-10-4-16(12-23(22)33-2)3-5-17-6-7-18(26(29)30)13-21(17)27(31)32/h3-13H,14H2,1-2H3. The van der Waals surface area contributed by atoms with Crippen LogP contribution in [0.3, 0.4) is 0 Å². The number of non-ortho nitro benzene ring substituents is 1. The lowest BCUT2D eigenvalue weighted by Crippen LogP contribution is -2.18. The number of rotatable bonds is 9. The zero-order valence-corrected chi connectivity index (χ0v) is 20.2. The SMILES string of the molecule is COc1cc(C=Cc2ccc([N+](=O)[O-])cc2[N+](=O)[O-])ccc1OC(=O)COc1ccc(Br)c(C)c1. The molecule has 3 aromatic rings. The predicted molar refractivity (Wildman–Crippen MR) is 132 cm³/mol. The van der Waals surface area contributed by atoms with Gasteiger partial charge in [0, 0.05) is 10.5 Å². The van der Waals surface area contributed by atoms with Crippen LogP contribution in [0.4, 0.5) is 11.4 Å². The number of ether oxygens (including phenoxy) is 3. The molecule has 0 aliphatic heterocycles. The van der Waals surface area contributed by atoms with Gasteiger partial charge in [-0.1, -0.05) is 28.1 Å². The number of hydrogen-bond donors (Lipinski definition) is 0. The largest absolute Gasteiger partial charge is 0.493 e. The van der Waals surface area contributed by atoms with E-state index >= 15 is 0 Å². The number of carbonyl (C=O) groups excluding carboxylic acids is 1. The third-order valence-electron chi connectivity index (χ3n) is 4.77. The maximum Gasteiger partial charge on any atom is 0.349 e. The molecule has 0 aromatic heterocycles. The van der Waals surface area contributed by atoms with Crippen LogP contribution in [0, 0.1) is 27.2 Å². The Hall–Kier alpha value is -4.25. The molecule has 3 rings (SSSR count). The molecule has 0 unspecified atom stereocenters. The van der Waals surface area contributed by atoms with E-state index in [-0.39, 0.29) is 29.4 Å². The molecule has 0 amide bonds. The number of nitro groups is 2. The maximum absolute atomic E-state index is 12.2. The number of aryl methyl sites for hydroxylation is 1. The van der Waals surface area contributed by atoms with Crippen LogP contribution in [-0.2, 0) is 4.79 Å². The second kappa shape index (κ2) is 11.3. The molecular weight excluding hydrogens is 524 g/mol. The van der Waals surface area contributed by atoms with E-state index in [1.807, 2.05) is 13.0 Å². The number of halogens is 1. The van der Waals surface area contributed by atoms with Crippen molar-refractivity contribution in [3.05, 3.63) is 96.0 Å². The van der Waals surface area contributed by atoms with Gasteiger partial charge in [-0.05, 0) is 60.5 Å². The molecule has 11 heteroatoms. The normalized spacial score (nSPS) is 10.7. The summed E-state index contributed by atoms with van der Waals surface area (Å²) in [7, 11) is 1.41. The summed E-state index contributed by atoms with van der Waals surface area (Å²) in [5.41, 5.74) is 0.974. The van der Waals surface area contributed by atoms with Crippen molar-refractivity contribution in [3.63, 3.8) is 0 Å². The average Bonchev–Trinajstić information content (AvgIpc) is 2.83. The highest BCUT2D eigenvalue weighted by Gasteiger charge is 2.18. The Morgan fingerprint density at radius 2 is 1.74 bits per heavy atom. The lowest BCUT2D eigenvalue weighted by molar-refractivity contribution is -0.394. The topological polar surface area (TPSA) is 131 Å². The molecule has 0 atom stereocenters. The van der Waals surface area contributed by atoms with Crippen LogP contribution in [0.2, 0.25) is 0 Å². The first kappa shape index (κ1) is 25.4. The number of hydrogen-bond acceptors (Lipinski definition) is 8. The van der Waals surface area contributed by atoms with Gasteiger partial charge in [-0.3, -0.25) is 20.2 Å². The molecule has 0 aliphatic rings. The van der Waals surface area contributed by atoms with Gasteiger partial charge in [0.2, 0.25) is 0 Å². The van der Waals surface area contributed by atoms with Gasteiger partial charge in [-0.2, -0.15) is 0 Å². The molecule has 0 radical (unpaired) electrons. The average molecular weight is 543 g/mol. The molecule has 3 aromatic carbocycles. The highest BCUT2D eigenvalue weighted by atomic mass is 79.9. The van der Waals surface area contributed by atoms with Crippen LogP contribution >= 0.6 is 15.9 Å². The monoisotopic (exact) mass is 542 g/mol. The number of benzene rings is 3. The molecule has 180 valence electrons. The molecular formula is C24H19BrN2O8. The minimum absolute atomic E-state index is 0.173. The summed E-state index contributed by atoms with van der Waals surface area (Å²) in [6.07, 6.45) is 3.03. The van der Waals surface area contributed by atoms with Crippen molar-refractivity contribution in [2.45, 2.75) is 6.92 Å². The minimum atomic E-state index is -0.698. The quantitative estimate of drug-likeness (QED) is 0.110. The summed E-state index contributed by atoms with van der Waals surface area (Å²) < 4.78 is 17.0. The molecule has 0 saturated heterocycles. The van der Waals surface area contributed by atoms with Gasteiger partial charge in [0.25, 0.3) is 11.4 Å². The van der Waals surface area contributed by atoms with Crippen molar-refractivity contribution in [1.82, 2.24) is 0 Å². The van der Waals surface area contributed by atoms with Crippen LogP contribution in [0.5, 0.6) is 17.2 Å². The van der Waals surface area contributed by atoms with E-state index in [0.717, 1.165) is 16.1 Å². The Balaban J connectivity index is 1.71. The Kier molecular flexibility index (Phi) is 8.16. The summed E-state index contributed by atoms with van der Waals surface area (Å²) >= 11 is 3.40. The lowest BCUT2D eigenvalue weighted by atomic mass is 10.1. The number of esters is 1. The Bertz CT molecular complexity index is 1320. The highest BCUT2D eigenvalue weighted by Crippen LogP contribution is 2.30. The zero-order valence-electron chi connectivity index (χ0n) is 18.6. The third kappa shape index (κ3) is 6.64. The van der Waals surface area contributed by atoms with Crippen LogP contribution in [0.15, 0.2) is 59.1 Å². The summed E-state index contributed by atoms with van der Waals surface area (Å²) in [4.78, 5) is 33.0. The fraction of sp³-hybridized carbons (Fsp3) is 0.125. The van der Waals surface area contributed by atoms with Gasteiger partial charge in [-0.15, -0.1) is 0 Å². The van der Waals surface area contributed by atoms with E-state index in [1.54, 1.807) is 30.3 Å². The van der Waals surface area contributed by atoms with Gasteiger partial charge in [-0.25, -0.2) is 4.79 Å². The Morgan fingerprint density at radius 1 is 0.971 bits per heavy atom. The van der Waals surface area contributed by atoms with Crippen LogP contribution in [0.1, 0.15) is 16.7 Å². The second-order valence-corrected chi connectivity index (χ2v) is 8.03. The first-order valence-corrected chi connectivity index (χ1v) is 10.9. The van der Waals surface area contributed by atoms with E-state index in [0.29, 0.717) is 11.3 Å². The summed E-state index contributed by atoms with van der Waals surface area (Å²) in [6, 6.07) is 13.4. The summed E-state index contributed by atoms with van der Waals surface area (Å²) in [5, 5.41) is 22.2. The van der Waals surface area contributed by atoms with Crippen molar-refractivity contribution in [2.24, 2.45) is 0 Å². The molecule has 0 spiro atoms. The van der Waals surface area contributed by atoms with Crippen molar-refractivity contribution in [1.29, 1.82) is 0 Å². The summed E-state index contributed by atoms with van der Waals surface area (Å²) in [5.74, 6) is 0.328. The highest BCUT2D eigenvalue weighted by molar-refractivity contribution is 9.10. The first-order chi connectivity index (χ1) is 16.7. The second-order valence-electron chi connectivity index (χ2n) is 7.17. The maximum atomic E-state index is 12.2. The van der Waals surface area contributed by atoms with E-state index in [2.05, 4.69) is 15.9 Å². The molecule has 0 N–H and O–H groups in total. The Labute approximate surface area is 208 Å². The molecule has 35 heavy (non-hydrogen) atoms. The lowest BCUT2D eigenvalue weighted by Gasteiger charge is -2.11. The first-order valence-electron chi connectivity index (χ1n) is 10.1. The van der Waals surface area contributed by atoms with E-state index < -0.39 is 21.5 Å². The molecule has 0 heterocycles. The van der Waals surface area contributed by atoms with E-state index in [9.17, 15) is 25.0 Å². The van der Waals surface area contributed by atoms with E-state index in [4.69, 9.17) is 14.2 Å². The third-order valence-corrected chi connectivity index (χ3v) is 5.66. The van der Waals surface area contributed by atoms with Gasteiger partial charge in [0.05, 0.1) is 28.6 Å². The number of nitrogens with zero attached hydrogens (tertiary/aromatic N) is 2. The van der Waals surface area contributed by atoms with Crippen molar-refractivity contribution in [2.75, 3.05) is 13.7 Å². The Morgan fingerprint density at radius 3 is 2.40 bits per heavy atom. The molecule has 0 fully saturated rings. The van der Waals surface area contributed by atoms with Gasteiger partial charge in [0.15, 0.2) is 18.1 Å². The fourth-order valence-electron chi connectivity index (χ4n) is 3.00.